The van der Waals surface area contributed by atoms with Crippen molar-refractivity contribution in [2.45, 2.75) is 40.0 Å². The van der Waals surface area contributed by atoms with E-state index in [1.165, 1.54) is 27.7 Å². The molecule has 9 nitrogen and oxygen atoms in total. The second-order valence-electron chi connectivity index (χ2n) is 7.80. The number of phenolic OH excluding ortho intramolecular Hbond substituents is 2. The molecule has 1 aliphatic heterocycles. The third-order valence-corrected chi connectivity index (χ3v) is 5.65. The second-order valence-corrected chi connectivity index (χ2v) is 7.80. The molecule has 2 aliphatic rings. The molecule has 1 aromatic rings. The van der Waals surface area contributed by atoms with Crippen LogP contribution in [0.3, 0.4) is 0 Å². The highest BCUT2D eigenvalue weighted by atomic mass is 16.5. The van der Waals surface area contributed by atoms with Crippen LogP contribution in [0.5, 0.6) is 17.2 Å². The summed E-state index contributed by atoms with van der Waals surface area (Å²) in [6.45, 7) is 7.70. The molecule has 0 bridgehead atoms. The third-order valence-electron chi connectivity index (χ3n) is 5.65. The van der Waals surface area contributed by atoms with Crippen LogP contribution in [0.4, 0.5) is 0 Å². The van der Waals surface area contributed by atoms with Gasteiger partial charge in [-0.1, -0.05) is 0 Å². The summed E-state index contributed by atoms with van der Waals surface area (Å²) < 4.78 is 5.70. The number of ether oxygens (including phenoxy) is 1. The van der Waals surface area contributed by atoms with Gasteiger partial charge in [0, 0.05) is 37.3 Å². The van der Waals surface area contributed by atoms with Crippen LogP contribution in [0.2, 0.25) is 0 Å². The number of benzene rings is 1. The van der Waals surface area contributed by atoms with Crippen molar-refractivity contribution in [1.29, 1.82) is 0 Å². The highest BCUT2D eigenvalue weighted by Crippen LogP contribution is 2.57. The van der Waals surface area contributed by atoms with Gasteiger partial charge < -0.3 is 25.6 Å². The summed E-state index contributed by atoms with van der Waals surface area (Å²) in [7, 11) is 0. The number of carbonyl (C=O) groups excluding carboxylic acids is 4. The van der Waals surface area contributed by atoms with Crippen LogP contribution in [0.15, 0.2) is 23.1 Å². The van der Waals surface area contributed by atoms with E-state index < -0.39 is 28.5 Å². The first-order valence-corrected chi connectivity index (χ1v) is 9.71. The molecule has 3 rings (SSSR count). The van der Waals surface area contributed by atoms with E-state index >= 15 is 0 Å². The van der Waals surface area contributed by atoms with E-state index in [4.69, 9.17) is 4.74 Å². The third kappa shape index (κ3) is 3.26. The fourth-order valence-electron chi connectivity index (χ4n) is 3.94. The number of fused-ring (bicyclic) bond motifs is 3. The number of ketones is 3. The monoisotopic (exact) mass is 428 g/mol. The molecule has 0 aromatic heterocycles. The molecule has 0 spiro atoms. The summed E-state index contributed by atoms with van der Waals surface area (Å²) in [4.78, 5) is 49.4. The second kappa shape index (κ2) is 7.57. The van der Waals surface area contributed by atoms with Crippen molar-refractivity contribution in [2.75, 3.05) is 13.1 Å². The molecule has 0 fully saturated rings. The fourth-order valence-corrected chi connectivity index (χ4v) is 3.94. The van der Waals surface area contributed by atoms with Gasteiger partial charge in [-0.2, -0.15) is 0 Å². The minimum atomic E-state index is -1.55. The SMILES string of the molecule is CC(=O)NCCN/C(C)=C1\C(=O)C=C2Oc3c(C(C)=O)c(O)c(C)c(O)c3[C@@]2(C)C1=O. The summed E-state index contributed by atoms with van der Waals surface area (Å²) in [5.41, 5.74) is -1.42. The van der Waals surface area contributed by atoms with Gasteiger partial charge >= 0.3 is 0 Å². The maximum Gasteiger partial charge on any atom is 0.216 e. The number of rotatable bonds is 5. The Morgan fingerprint density at radius 2 is 1.68 bits per heavy atom. The van der Waals surface area contributed by atoms with E-state index in [9.17, 15) is 29.4 Å². The smallest absolute Gasteiger partial charge is 0.216 e. The molecule has 1 atom stereocenters. The van der Waals surface area contributed by atoms with Gasteiger partial charge in [-0.3, -0.25) is 19.2 Å². The Morgan fingerprint density at radius 3 is 2.26 bits per heavy atom. The number of carbonyl (C=O) groups is 4. The van der Waals surface area contributed by atoms with Crippen LogP contribution in [0, 0.1) is 6.92 Å². The van der Waals surface area contributed by atoms with Gasteiger partial charge in [0.05, 0.1) is 11.1 Å². The van der Waals surface area contributed by atoms with Crippen molar-refractivity contribution >= 4 is 23.3 Å². The van der Waals surface area contributed by atoms with E-state index in [1.807, 2.05) is 0 Å². The lowest BCUT2D eigenvalue weighted by atomic mass is 9.70. The van der Waals surface area contributed by atoms with Gasteiger partial charge in [0.15, 0.2) is 17.3 Å². The number of allylic oxidation sites excluding steroid dienone is 4. The normalized spacial score (nSPS) is 21.0. The quantitative estimate of drug-likeness (QED) is 0.238. The van der Waals surface area contributed by atoms with Crippen molar-refractivity contribution in [3.05, 3.63) is 39.8 Å². The zero-order valence-corrected chi connectivity index (χ0v) is 17.9. The van der Waals surface area contributed by atoms with Crippen LogP contribution >= 0.6 is 0 Å². The first-order chi connectivity index (χ1) is 14.4. The number of amides is 1. The minimum Gasteiger partial charge on any atom is -0.507 e. The maximum atomic E-state index is 13.5. The van der Waals surface area contributed by atoms with Crippen LogP contribution in [0.25, 0.3) is 0 Å². The standard InChI is InChI=1S/C22H24N2O7/c1-9-18(28)16(11(3)25)20-17(19(9)29)22(5)14(31-20)8-13(27)15(21(22)30)10(2)23-6-7-24-12(4)26/h8,23,28-29H,6-7H2,1-5H3,(H,24,26)/b15-10+/t22-/m0/s1. The Morgan fingerprint density at radius 1 is 1.06 bits per heavy atom. The zero-order chi connectivity index (χ0) is 23.2. The zero-order valence-electron chi connectivity index (χ0n) is 17.9. The number of aromatic hydroxyl groups is 2. The average molecular weight is 428 g/mol. The summed E-state index contributed by atoms with van der Waals surface area (Å²) in [5.74, 6) is -2.85. The number of Topliss-reactive ketones (excluding diaryl/α,β-unsaturated/α-hetero) is 2. The lowest BCUT2D eigenvalue weighted by molar-refractivity contribution is -0.124. The summed E-state index contributed by atoms with van der Waals surface area (Å²) in [5, 5.41) is 26.7. The molecule has 0 saturated heterocycles. The molecule has 31 heavy (non-hydrogen) atoms. The lowest BCUT2D eigenvalue weighted by Crippen LogP contribution is -2.41. The average Bonchev–Trinajstić information content (AvgIpc) is 2.96. The van der Waals surface area contributed by atoms with Crippen LogP contribution in [-0.4, -0.2) is 46.6 Å². The van der Waals surface area contributed by atoms with Crippen LogP contribution in [0.1, 0.15) is 49.2 Å². The Bertz CT molecular complexity index is 1110. The number of nitrogens with one attached hydrogen (secondary N) is 2. The van der Waals surface area contributed by atoms with Crippen LogP contribution < -0.4 is 15.4 Å². The molecule has 4 N–H and O–H groups in total. The predicted molar refractivity (Wildman–Crippen MR) is 110 cm³/mol. The fraction of sp³-hybridized carbons (Fsp3) is 0.364. The topological polar surface area (TPSA) is 142 Å². The maximum absolute atomic E-state index is 13.5. The van der Waals surface area contributed by atoms with Crippen molar-refractivity contribution in [2.24, 2.45) is 0 Å². The molecule has 1 heterocycles. The van der Waals surface area contributed by atoms with Crippen molar-refractivity contribution in [3.8, 4) is 17.2 Å². The van der Waals surface area contributed by atoms with E-state index in [-0.39, 0.29) is 45.4 Å². The Hall–Kier alpha value is -3.62. The molecule has 1 aliphatic carbocycles. The Kier molecular flexibility index (Phi) is 5.39. The molecular formula is C22H24N2O7. The minimum absolute atomic E-state index is 0.0184. The molecule has 1 amide bonds. The largest absolute Gasteiger partial charge is 0.507 e. The first-order valence-electron chi connectivity index (χ1n) is 9.71. The van der Waals surface area contributed by atoms with Crippen molar-refractivity contribution in [1.82, 2.24) is 10.6 Å². The van der Waals surface area contributed by atoms with Gasteiger partial charge in [-0.05, 0) is 27.7 Å². The Balaban J connectivity index is 2.13. The molecule has 0 saturated carbocycles. The van der Waals surface area contributed by atoms with E-state index in [0.29, 0.717) is 18.8 Å². The predicted octanol–water partition coefficient (Wildman–Crippen LogP) is 1.29. The van der Waals surface area contributed by atoms with Gasteiger partial charge in [0.25, 0.3) is 0 Å². The molecule has 164 valence electrons. The lowest BCUT2D eigenvalue weighted by Gasteiger charge is -2.29. The Labute approximate surface area is 178 Å². The summed E-state index contributed by atoms with van der Waals surface area (Å²) in [6.07, 6.45) is 1.16. The molecular weight excluding hydrogens is 404 g/mol. The highest BCUT2D eigenvalue weighted by molar-refractivity contribution is 6.31. The van der Waals surface area contributed by atoms with Crippen molar-refractivity contribution < 1.29 is 34.1 Å². The van der Waals surface area contributed by atoms with Crippen LogP contribution in [-0.2, 0) is 19.8 Å². The molecule has 9 heteroatoms. The highest BCUT2D eigenvalue weighted by Gasteiger charge is 2.56. The van der Waals surface area contributed by atoms with E-state index in [1.54, 1.807) is 6.92 Å². The van der Waals surface area contributed by atoms with E-state index in [0.717, 1.165) is 6.08 Å². The number of hydrogen-bond acceptors (Lipinski definition) is 8. The van der Waals surface area contributed by atoms with Gasteiger partial charge in [-0.15, -0.1) is 0 Å². The molecule has 0 unspecified atom stereocenters. The van der Waals surface area contributed by atoms with Gasteiger partial charge in [0.2, 0.25) is 5.91 Å². The van der Waals surface area contributed by atoms with Crippen molar-refractivity contribution in [3.63, 3.8) is 0 Å². The first kappa shape index (κ1) is 22.1. The molecule has 0 radical (unpaired) electrons. The number of hydrogen-bond donors (Lipinski definition) is 4. The summed E-state index contributed by atoms with van der Waals surface area (Å²) in [6, 6.07) is 0. The summed E-state index contributed by atoms with van der Waals surface area (Å²) >= 11 is 0. The molecule has 1 aromatic carbocycles. The number of phenols is 2. The van der Waals surface area contributed by atoms with Gasteiger partial charge in [-0.25, -0.2) is 0 Å². The van der Waals surface area contributed by atoms with E-state index in [2.05, 4.69) is 10.6 Å². The van der Waals surface area contributed by atoms with Gasteiger partial charge in [0.1, 0.15) is 34.0 Å².